The largest absolute Gasteiger partial charge is 0.468 e. The number of ether oxygens (including phenoxy) is 1. The highest BCUT2D eigenvalue weighted by Gasteiger charge is 2.31. The molecule has 0 saturated carbocycles. The van der Waals surface area contributed by atoms with Crippen LogP contribution in [0.5, 0.6) is 5.88 Å². The topological polar surface area (TPSA) is 83.6 Å². The lowest BCUT2D eigenvalue weighted by Crippen LogP contribution is -2.58. The van der Waals surface area contributed by atoms with Gasteiger partial charge in [-0.15, -0.1) is 0 Å². The number of urea groups is 1. The summed E-state index contributed by atoms with van der Waals surface area (Å²) in [5.41, 5.74) is 1.20. The van der Waals surface area contributed by atoms with Crippen LogP contribution >= 0.6 is 11.6 Å². The molecule has 1 aliphatic rings. The van der Waals surface area contributed by atoms with Crippen molar-refractivity contribution in [1.82, 2.24) is 20.5 Å². The van der Waals surface area contributed by atoms with Gasteiger partial charge in [-0.1, -0.05) is 23.7 Å². The van der Waals surface area contributed by atoms with Crippen LogP contribution in [0, 0.1) is 0 Å². The third-order valence-corrected chi connectivity index (χ3v) is 4.96. The summed E-state index contributed by atoms with van der Waals surface area (Å²) in [6, 6.07) is 7.78. The maximum absolute atomic E-state index is 12.9. The number of benzene rings is 1. The van der Waals surface area contributed by atoms with Crippen molar-refractivity contribution in [2.24, 2.45) is 0 Å². The van der Waals surface area contributed by atoms with E-state index in [2.05, 4.69) is 20.4 Å². The van der Waals surface area contributed by atoms with Crippen molar-refractivity contribution in [2.75, 3.05) is 19.7 Å². The van der Waals surface area contributed by atoms with Gasteiger partial charge in [0.1, 0.15) is 6.04 Å². The van der Waals surface area contributed by atoms with E-state index in [-0.39, 0.29) is 11.8 Å². The second kappa shape index (κ2) is 9.42. The fraction of sp³-hybridized carbons (Fsp3) is 0.350. The van der Waals surface area contributed by atoms with E-state index in [1.165, 1.54) is 23.2 Å². The van der Waals surface area contributed by atoms with E-state index in [1.54, 1.807) is 31.2 Å². The molecule has 7 nitrogen and oxygen atoms in total. The number of nitrogens with zero attached hydrogens (tertiary/aromatic N) is 2. The lowest BCUT2D eigenvalue weighted by molar-refractivity contribution is -0.154. The van der Waals surface area contributed by atoms with Crippen LogP contribution in [0.15, 0.2) is 42.6 Å². The van der Waals surface area contributed by atoms with Crippen molar-refractivity contribution in [3.63, 3.8) is 0 Å². The van der Waals surface area contributed by atoms with Crippen LogP contribution in [0.4, 0.5) is 18.0 Å². The molecule has 3 amide bonds. The first-order valence-corrected chi connectivity index (χ1v) is 9.77. The Hall–Kier alpha value is -3.01. The van der Waals surface area contributed by atoms with Gasteiger partial charge in [0.15, 0.2) is 6.61 Å². The number of carbonyl (C=O) groups is 2. The number of halogens is 4. The summed E-state index contributed by atoms with van der Waals surface area (Å²) in [6.45, 7) is 0.856. The molecule has 0 bridgehead atoms. The third kappa shape index (κ3) is 6.00. The van der Waals surface area contributed by atoms with Gasteiger partial charge in [0.25, 0.3) is 0 Å². The number of piperazine rings is 1. The van der Waals surface area contributed by atoms with Gasteiger partial charge in [0.05, 0.1) is 6.04 Å². The van der Waals surface area contributed by atoms with E-state index in [0.29, 0.717) is 29.2 Å². The molecular formula is C20H20ClF3N4O3. The summed E-state index contributed by atoms with van der Waals surface area (Å²) < 4.78 is 41.6. The lowest BCUT2D eigenvalue weighted by Gasteiger charge is -2.34. The molecule has 3 rings (SSSR count). The van der Waals surface area contributed by atoms with Gasteiger partial charge in [-0.2, -0.15) is 13.2 Å². The molecular weight excluding hydrogens is 437 g/mol. The van der Waals surface area contributed by atoms with Gasteiger partial charge in [0.2, 0.25) is 11.8 Å². The van der Waals surface area contributed by atoms with E-state index in [1.807, 2.05) is 0 Å². The molecule has 2 atom stereocenters. The highest BCUT2D eigenvalue weighted by atomic mass is 35.5. The summed E-state index contributed by atoms with van der Waals surface area (Å²) in [6.07, 6.45) is -3.14. The Balaban J connectivity index is 1.82. The van der Waals surface area contributed by atoms with Crippen molar-refractivity contribution in [2.45, 2.75) is 25.2 Å². The smallest absolute Gasteiger partial charge is 0.422 e. The Kier molecular flexibility index (Phi) is 6.89. The average Bonchev–Trinajstić information content (AvgIpc) is 2.73. The van der Waals surface area contributed by atoms with Gasteiger partial charge in [-0.05, 0) is 36.2 Å². The van der Waals surface area contributed by atoms with Gasteiger partial charge < -0.3 is 20.3 Å². The molecule has 1 aliphatic heterocycles. The molecule has 2 heterocycles. The molecule has 1 aromatic carbocycles. The molecule has 1 unspecified atom stereocenters. The SMILES string of the molecule is C[C@@H]1C(=O)NCCN1C(=O)NC(c1ccc(Cl)cc1)c1ccc(OCC(F)(F)F)nc1. The number of hydrogen-bond acceptors (Lipinski definition) is 4. The molecule has 2 aromatic rings. The number of hydrogen-bond donors (Lipinski definition) is 2. The van der Waals surface area contributed by atoms with Crippen LogP contribution in [-0.2, 0) is 4.79 Å². The fourth-order valence-electron chi connectivity index (χ4n) is 3.08. The molecule has 2 N–H and O–H groups in total. The van der Waals surface area contributed by atoms with Crippen LogP contribution in [0.1, 0.15) is 24.1 Å². The van der Waals surface area contributed by atoms with Crippen molar-refractivity contribution in [3.05, 3.63) is 58.7 Å². The quantitative estimate of drug-likeness (QED) is 0.723. The molecule has 1 fully saturated rings. The molecule has 1 aromatic heterocycles. The Morgan fingerprint density at radius 1 is 1.29 bits per heavy atom. The number of rotatable bonds is 5. The first-order chi connectivity index (χ1) is 14.6. The number of carbonyl (C=O) groups excluding carboxylic acids is 2. The van der Waals surface area contributed by atoms with Crippen LogP contribution in [-0.4, -0.2) is 53.7 Å². The van der Waals surface area contributed by atoms with Crippen LogP contribution in [0.2, 0.25) is 5.02 Å². The molecule has 11 heteroatoms. The number of amides is 3. The van der Waals surface area contributed by atoms with Crippen molar-refractivity contribution >= 4 is 23.5 Å². The first-order valence-electron chi connectivity index (χ1n) is 9.40. The number of alkyl halides is 3. The van der Waals surface area contributed by atoms with E-state index >= 15 is 0 Å². The highest BCUT2D eigenvalue weighted by Crippen LogP contribution is 2.25. The summed E-state index contributed by atoms with van der Waals surface area (Å²) >= 11 is 5.96. The van der Waals surface area contributed by atoms with E-state index in [0.717, 1.165) is 0 Å². The van der Waals surface area contributed by atoms with E-state index in [9.17, 15) is 22.8 Å². The maximum atomic E-state index is 12.9. The first kappa shape index (κ1) is 22.7. The normalized spacial score (nSPS) is 17.6. The standard InChI is InChI=1S/C20H20ClF3N4O3/c1-12-18(29)25-8-9-28(12)19(30)27-17(13-2-5-15(21)6-3-13)14-4-7-16(26-10-14)31-11-20(22,23)24/h2-7,10,12,17H,8-9,11H2,1H3,(H,25,29)(H,27,30)/t12-,17?/m1/s1. The maximum Gasteiger partial charge on any atom is 0.422 e. The molecule has 1 saturated heterocycles. The summed E-state index contributed by atoms with van der Waals surface area (Å²) in [5.74, 6) is -0.444. The molecule has 0 radical (unpaired) electrons. The van der Waals surface area contributed by atoms with Crippen LogP contribution in [0.3, 0.4) is 0 Å². The predicted octanol–water partition coefficient (Wildman–Crippen LogP) is 3.30. The summed E-state index contributed by atoms with van der Waals surface area (Å²) in [5, 5.41) is 6.06. The van der Waals surface area contributed by atoms with Gasteiger partial charge in [-0.3, -0.25) is 4.79 Å². The Morgan fingerprint density at radius 3 is 2.58 bits per heavy atom. The van der Waals surface area contributed by atoms with Crippen LogP contribution in [0.25, 0.3) is 0 Å². The highest BCUT2D eigenvalue weighted by molar-refractivity contribution is 6.30. The third-order valence-electron chi connectivity index (χ3n) is 4.71. The molecule has 0 spiro atoms. The van der Waals surface area contributed by atoms with Crippen molar-refractivity contribution in [3.8, 4) is 5.88 Å². The molecule has 166 valence electrons. The predicted molar refractivity (Wildman–Crippen MR) is 107 cm³/mol. The minimum atomic E-state index is -4.47. The zero-order valence-electron chi connectivity index (χ0n) is 16.4. The fourth-order valence-corrected chi connectivity index (χ4v) is 3.21. The van der Waals surface area contributed by atoms with Gasteiger partial charge >= 0.3 is 12.2 Å². The zero-order chi connectivity index (χ0) is 22.6. The Morgan fingerprint density at radius 2 is 1.97 bits per heavy atom. The monoisotopic (exact) mass is 456 g/mol. The number of nitrogens with one attached hydrogen (secondary N) is 2. The summed E-state index contributed by atoms with van der Waals surface area (Å²) in [7, 11) is 0. The average molecular weight is 457 g/mol. The van der Waals surface area contributed by atoms with Crippen LogP contribution < -0.4 is 15.4 Å². The van der Waals surface area contributed by atoms with Crippen molar-refractivity contribution in [1.29, 1.82) is 0 Å². The van der Waals surface area contributed by atoms with E-state index < -0.39 is 30.9 Å². The van der Waals surface area contributed by atoms with E-state index in [4.69, 9.17) is 11.6 Å². The minimum absolute atomic E-state index is 0.191. The van der Waals surface area contributed by atoms with Gasteiger partial charge in [0, 0.05) is 30.4 Å². The second-order valence-electron chi connectivity index (χ2n) is 6.93. The van der Waals surface area contributed by atoms with Crippen molar-refractivity contribution < 1.29 is 27.5 Å². The minimum Gasteiger partial charge on any atom is -0.468 e. The molecule has 31 heavy (non-hydrogen) atoms. The lowest BCUT2D eigenvalue weighted by atomic mass is 10.0. The Labute approximate surface area is 181 Å². The Bertz CT molecular complexity index is 923. The number of aromatic nitrogens is 1. The zero-order valence-corrected chi connectivity index (χ0v) is 17.2. The molecule has 0 aliphatic carbocycles. The van der Waals surface area contributed by atoms with Gasteiger partial charge in [-0.25, -0.2) is 9.78 Å². The number of pyridine rings is 1. The summed E-state index contributed by atoms with van der Waals surface area (Å²) in [4.78, 5) is 30.1. The second-order valence-corrected chi connectivity index (χ2v) is 7.36.